The number of H-pyrrole nitrogens is 1. The number of phenolic OH excluding ortho intramolecular Hbond substituents is 1. The summed E-state index contributed by atoms with van der Waals surface area (Å²) >= 11 is 0. The highest BCUT2D eigenvalue weighted by atomic mass is 16.5. The first kappa shape index (κ1) is 27.0. The summed E-state index contributed by atoms with van der Waals surface area (Å²) in [5.74, 6) is 0.0742. The van der Waals surface area contributed by atoms with Gasteiger partial charge in [0.25, 0.3) is 0 Å². The van der Waals surface area contributed by atoms with E-state index in [4.69, 9.17) is 5.73 Å². The van der Waals surface area contributed by atoms with Crippen LogP contribution in [0.15, 0.2) is 24.3 Å². The van der Waals surface area contributed by atoms with E-state index in [1.54, 1.807) is 18.2 Å². The molecule has 1 heterocycles. The molecule has 10 heteroatoms. The Hall–Kier alpha value is -2.21. The van der Waals surface area contributed by atoms with E-state index in [1.807, 2.05) is 6.07 Å². The summed E-state index contributed by atoms with van der Waals surface area (Å²) in [7, 11) is 0. The van der Waals surface area contributed by atoms with Gasteiger partial charge < -0.3 is 36.9 Å². The minimum Gasteiger partial charge on any atom is -0.507 e. The number of fused-ring (bicyclic) bond motifs is 1. The van der Waals surface area contributed by atoms with E-state index in [-0.39, 0.29) is 18.1 Å². The lowest BCUT2D eigenvalue weighted by Gasteiger charge is -2.18. The highest BCUT2D eigenvalue weighted by molar-refractivity contribution is 5.88. The summed E-state index contributed by atoms with van der Waals surface area (Å²) in [6.07, 6.45) is 4.37. The van der Waals surface area contributed by atoms with Gasteiger partial charge in [-0.25, -0.2) is 0 Å². The molecular weight excluding hydrogens is 424 g/mol. The zero-order valence-corrected chi connectivity index (χ0v) is 19.4. The summed E-state index contributed by atoms with van der Waals surface area (Å²) in [6.45, 7) is 5.06. The lowest BCUT2D eigenvalue weighted by molar-refractivity contribution is -0.121. The number of aromatic nitrogens is 1. The van der Waals surface area contributed by atoms with Crippen molar-refractivity contribution in [1.82, 2.24) is 25.7 Å². The maximum atomic E-state index is 12.1. The molecule has 2 rings (SSSR count). The number of hydrogen-bond donors (Lipinski definition) is 7. The van der Waals surface area contributed by atoms with Crippen molar-refractivity contribution in [2.75, 3.05) is 52.4 Å². The second-order valence-electron chi connectivity index (χ2n) is 8.27. The summed E-state index contributed by atoms with van der Waals surface area (Å²) in [5.41, 5.74) is 6.98. The fourth-order valence-corrected chi connectivity index (χ4v) is 3.57. The van der Waals surface area contributed by atoms with Gasteiger partial charge in [0, 0.05) is 49.3 Å². The van der Waals surface area contributed by atoms with Gasteiger partial charge in [-0.1, -0.05) is 6.07 Å². The number of hydroxylamine groups is 4. The number of nitrogens with zero attached hydrogens (tertiary/aromatic N) is 2. The number of nitrogens with two attached hydrogens (primary N) is 1. The van der Waals surface area contributed by atoms with Crippen molar-refractivity contribution in [1.29, 1.82) is 0 Å². The molecule has 0 aliphatic carbocycles. The molecule has 0 bridgehead atoms. The van der Waals surface area contributed by atoms with Crippen LogP contribution in [0, 0.1) is 0 Å². The van der Waals surface area contributed by atoms with E-state index in [9.17, 15) is 20.3 Å². The number of nitrogens with one attached hydrogen (secondary N) is 3. The number of amides is 1. The van der Waals surface area contributed by atoms with Crippen molar-refractivity contribution in [2.45, 2.75) is 38.5 Å². The van der Waals surface area contributed by atoms with Crippen LogP contribution in [0.3, 0.4) is 0 Å². The molecule has 186 valence electrons. The Labute approximate surface area is 195 Å². The third-order valence-electron chi connectivity index (χ3n) is 5.37. The van der Waals surface area contributed by atoms with Crippen molar-refractivity contribution >= 4 is 16.8 Å². The van der Waals surface area contributed by atoms with Crippen LogP contribution in [0.4, 0.5) is 0 Å². The predicted molar refractivity (Wildman–Crippen MR) is 128 cm³/mol. The topological polar surface area (TPSA) is 150 Å². The Kier molecular flexibility index (Phi) is 12.8. The van der Waals surface area contributed by atoms with Crippen LogP contribution in [0.2, 0.25) is 0 Å². The molecule has 1 aromatic heterocycles. The maximum Gasteiger partial charge on any atom is 0.225 e. The number of carbonyl (C=O) groups excluding carboxylic acids is 1. The molecule has 0 atom stereocenters. The van der Waals surface area contributed by atoms with E-state index in [0.717, 1.165) is 43.6 Å². The van der Waals surface area contributed by atoms with E-state index in [2.05, 4.69) is 15.6 Å². The first-order valence-corrected chi connectivity index (χ1v) is 11.8. The summed E-state index contributed by atoms with van der Waals surface area (Å²) < 4.78 is 0. The molecule has 0 radical (unpaired) electrons. The van der Waals surface area contributed by atoms with E-state index in [0.29, 0.717) is 57.5 Å². The maximum absolute atomic E-state index is 12.1. The minimum atomic E-state index is -0.115. The van der Waals surface area contributed by atoms with Crippen molar-refractivity contribution < 1.29 is 20.3 Å². The SMILES string of the molecule is NCCCNCCCCN(O)CCCN(O)CCCNC(=O)Cc1cc2c(O)cccc2[nH]1. The van der Waals surface area contributed by atoms with E-state index < -0.39 is 0 Å². The molecular formula is C23H40N6O4. The summed E-state index contributed by atoms with van der Waals surface area (Å²) in [5, 5.41) is 39.1. The van der Waals surface area contributed by atoms with Gasteiger partial charge in [0.2, 0.25) is 5.91 Å². The van der Waals surface area contributed by atoms with Crippen LogP contribution in [0.25, 0.3) is 10.9 Å². The molecule has 10 nitrogen and oxygen atoms in total. The van der Waals surface area contributed by atoms with Crippen molar-refractivity contribution in [3.8, 4) is 5.75 Å². The molecule has 0 spiro atoms. The van der Waals surface area contributed by atoms with Crippen LogP contribution in [0.1, 0.15) is 37.8 Å². The number of hydrogen-bond acceptors (Lipinski definition) is 8. The van der Waals surface area contributed by atoms with Crippen LogP contribution in [0.5, 0.6) is 5.75 Å². The monoisotopic (exact) mass is 464 g/mol. The molecule has 1 aromatic carbocycles. The molecule has 8 N–H and O–H groups in total. The molecule has 1 amide bonds. The molecule has 0 fully saturated rings. The zero-order chi connectivity index (χ0) is 23.9. The van der Waals surface area contributed by atoms with Crippen molar-refractivity contribution in [3.05, 3.63) is 30.0 Å². The van der Waals surface area contributed by atoms with Crippen LogP contribution < -0.4 is 16.4 Å². The average molecular weight is 465 g/mol. The molecule has 0 aliphatic rings. The average Bonchev–Trinajstić information content (AvgIpc) is 3.20. The van der Waals surface area contributed by atoms with Crippen molar-refractivity contribution in [2.24, 2.45) is 5.73 Å². The largest absolute Gasteiger partial charge is 0.507 e. The fraction of sp³-hybridized carbons (Fsp3) is 0.609. The Morgan fingerprint density at radius 2 is 1.64 bits per heavy atom. The van der Waals surface area contributed by atoms with Gasteiger partial charge in [-0.2, -0.15) is 10.1 Å². The molecule has 0 saturated heterocycles. The standard InChI is InChI=1S/C23H40N6O4/c24-9-4-11-25-10-1-2-13-28(32)15-6-16-29(33)14-5-12-26-23(31)18-19-17-20-21(27-19)7-3-8-22(20)30/h3,7-8,17,25,27,30,32-33H,1-2,4-6,9-16,18,24H2,(H,26,31). The Balaban J connectivity index is 1.47. The number of aromatic amines is 1. The van der Waals surface area contributed by atoms with Gasteiger partial charge in [-0.05, 0) is 69.9 Å². The molecule has 0 unspecified atom stereocenters. The van der Waals surface area contributed by atoms with Crippen LogP contribution in [-0.4, -0.2) is 88.9 Å². The number of rotatable bonds is 18. The van der Waals surface area contributed by atoms with Gasteiger partial charge in [0.1, 0.15) is 5.75 Å². The molecule has 2 aromatic rings. The number of phenols is 1. The first-order chi connectivity index (χ1) is 16.0. The second-order valence-corrected chi connectivity index (χ2v) is 8.27. The highest BCUT2D eigenvalue weighted by Gasteiger charge is 2.09. The molecule has 0 saturated carbocycles. The second kappa shape index (κ2) is 15.6. The Morgan fingerprint density at radius 1 is 0.939 bits per heavy atom. The highest BCUT2D eigenvalue weighted by Crippen LogP contribution is 2.24. The third kappa shape index (κ3) is 11.0. The summed E-state index contributed by atoms with van der Waals surface area (Å²) in [6, 6.07) is 7.00. The lowest BCUT2D eigenvalue weighted by Crippen LogP contribution is -2.31. The third-order valence-corrected chi connectivity index (χ3v) is 5.37. The fourth-order valence-electron chi connectivity index (χ4n) is 3.57. The summed E-state index contributed by atoms with van der Waals surface area (Å²) in [4.78, 5) is 15.3. The Bertz CT molecular complexity index is 815. The predicted octanol–water partition coefficient (Wildman–Crippen LogP) is 1.41. The van der Waals surface area contributed by atoms with Gasteiger partial charge in [-0.3, -0.25) is 4.79 Å². The van der Waals surface area contributed by atoms with E-state index in [1.165, 1.54) is 10.1 Å². The normalized spacial score (nSPS) is 11.7. The minimum absolute atomic E-state index is 0.115. The first-order valence-electron chi connectivity index (χ1n) is 11.8. The smallest absolute Gasteiger partial charge is 0.225 e. The van der Waals surface area contributed by atoms with Crippen LogP contribution >= 0.6 is 0 Å². The van der Waals surface area contributed by atoms with Gasteiger partial charge in [0.05, 0.1) is 6.42 Å². The quantitative estimate of drug-likeness (QED) is 0.129. The number of benzene rings is 1. The lowest BCUT2D eigenvalue weighted by atomic mass is 10.2. The molecule has 0 aliphatic heterocycles. The molecule has 33 heavy (non-hydrogen) atoms. The van der Waals surface area contributed by atoms with Gasteiger partial charge in [0.15, 0.2) is 0 Å². The number of unbranched alkanes of at least 4 members (excludes halogenated alkanes) is 1. The van der Waals surface area contributed by atoms with Crippen LogP contribution in [-0.2, 0) is 11.2 Å². The van der Waals surface area contributed by atoms with Gasteiger partial charge in [-0.15, -0.1) is 0 Å². The zero-order valence-electron chi connectivity index (χ0n) is 19.4. The number of carbonyl (C=O) groups is 1. The van der Waals surface area contributed by atoms with E-state index >= 15 is 0 Å². The Morgan fingerprint density at radius 3 is 2.36 bits per heavy atom. The van der Waals surface area contributed by atoms with Gasteiger partial charge >= 0.3 is 0 Å². The van der Waals surface area contributed by atoms with Crippen molar-refractivity contribution in [3.63, 3.8) is 0 Å². The number of aromatic hydroxyl groups is 1.